The van der Waals surface area contributed by atoms with E-state index < -0.39 is 5.41 Å². The molecule has 0 bridgehead atoms. The van der Waals surface area contributed by atoms with Gasteiger partial charge >= 0.3 is 0 Å². The Bertz CT molecular complexity index is 2140. The van der Waals surface area contributed by atoms with Gasteiger partial charge in [-0.25, -0.2) is 9.97 Å². The molecule has 0 amide bonds. The number of para-hydroxylation sites is 2. The number of hydrogen-bond donors (Lipinski definition) is 0. The molecule has 42 heavy (non-hydrogen) atoms. The fraction of sp³-hybridized carbons (Fsp3) is 0.0256. The van der Waals surface area contributed by atoms with Crippen molar-refractivity contribution in [1.29, 1.82) is 0 Å². The van der Waals surface area contributed by atoms with Gasteiger partial charge in [-0.05, 0) is 40.5 Å². The highest BCUT2D eigenvalue weighted by atomic mass is 16.5. The van der Waals surface area contributed by atoms with Crippen molar-refractivity contribution in [2.75, 3.05) is 0 Å². The molecule has 0 saturated carbocycles. The quantitative estimate of drug-likeness (QED) is 0.221. The average molecular weight is 537 g/mol. The first-order chi connectivity index (χ1) is 20.8. The molecule has 1 aromatic heterocycles. The summed E-state index contributed by atoms with van der Waals surface area (Å²) < 4.78 is 6.74. The first kappa shape index (κ1) is 23.2. The van der Waals surface area contributed by atoms with E-state index in [2.05, 4.69) is 115 Å². The van der Waals surface area contributed by atoms with Crippen LogP contribution in [0.4, 0.5) is 0 Å². The molecular formula is C39H24N2O. The number of rotatable bonds is 2. The van der Waals surface area contributed by atoms with Gasteiger partial charge in [-0.3, -0.25) is 0 Å². The smallest absolute Gasteiger partial charge is 0.160 e. The summed E-state index contributed by atoms with van der Waals surface area (Å²) >= 11 is 0. The van der Waals surface area contributed by atoms with Crippen LogP contribution in [-0.2, 0) is 5.41 Å². The number of fused-ring (bicyclic) bond motifs is 10. The lowest BCUT2D eigenvalue weighted by Gasteiger charge is -2.39. The van der Waals surface area contributed by atoms with Gasteiger partial charge in [0.25, 0.3) is 0 Å². The molecule has 196 valence electrons. The third kappa shape index (κ3) is 3.11. The number of benzene rings is 6. The van der Waals surface area contributed by atoms with Crippen LogP contribution in [0, 0.1) is 0 Å². The van der Waals surface area contributed by atoms with E-state index in [1.54, 1.807) is 0 Å². The lowest BCUT2D eigenvalue weighted by Crippen LogP contribution is -2.32. The van der Waals surface area contributed by atoms with Crippen LogP contribution in [0.2, 0.25) is 0 Å². The second kappa shape index (κ2) is 8.73. The molecule has 0 fully saturated rings. The molecule has 7 aromatic rings. The third-order valence-corrected chi connectivity index (χ3v) is 8.76. The summed E-state index contributed by atoms with van der Waals surface area (Å²) in [6, 6.07) is 51.1. The summed E-state index contributed by atoms with van der Waals surface area (Å²) in [5.41, 5.74) is 10.8. The number of aromatic nitrogens is 2. The molecule has 9 rings (SSSR count). The second-order valence-electron chi connectivity index (χ2n) is 10.9. The van der Waals surface area contributed by atoms with Crippen LogP contribution in [0.5, 0.6) is 11.5 Å². The molecule has 1 aliphatic heterocycles. The first-order valence-corrected chi connectivity index (χ1v) is 14.3. The van der Waals surface area contributed by atoms with Crippen molar-refractivity contribution in [2.24, 2.45) is 0 Å². The van der Waals surface area contributed by atoms with Crippen molar-refractivity contribution in [1.82, 2.24) is 9.97 Å². The van der Waals surface area contributed by atoms with Gasteiger partial charge in [-0.15, -0.1) is 0 Å². The van der Waals surface area contributed by atoms with Gasteiger partial charge in [0.05, 0.1) is 16.6 Å². The minimum Gasteiger partial charge on any atom is -0.457 e. The fourth-order valence-electron chi connectivity index (χ4n) is 7.02. The van der Waals surface area contributed by atoms with Gasteiger partial charge in [0.15, 0.2) is 5.82 Å². The van der Waals surface area contributed by atoms with E-state index in [1.165, 1.54) is 27.8 Å². The Hall–Kier alpha value is -5.54. The molecule has 1 aliphatic carbocycles. The van der Waals surface area contributed by atoms with E-state index in [1.807, 2.05) is 30.3 Å². The van der Waals surface area contributed by atoms with Gasteiger partial charge in [-0.1, -0.05) is 127 Å². The summed E-state index contributed by atoms with van der Waals surface area (Å²) in [6.45, 7) is 0. The normalized spacial score (nSPS) is 13.6. The fourth-order valence-corrected chi connectivity index (χ4v) is 7.02. The van der Waals surface area contributed by atoms with Crippen molar-refractivity contribution < 1.29 is 4.74 Å². The van der Waals surface area contributed by atoms with Crippen LogP contribution in [-0.4, -0.2) is 9.97 Å². The van der Waals surface area contributed by atoms with Gasteiger partial charge < -0.3 is 4.74 Å². The molecule has 0 unspecified atom stereocenters. The second-order valence-corrected chi connectivity index (χ2v) is 10.9. The molecule has 0 atom stereocenters. The van der Waals surface area contributed by atoms with Gasteiger partial charge in [-0.2, -0.15) is 0 Å². The van der Waals surface area contributed by atoms with E-state index in [4.69, 9.17) is 14.7 Å². The topological polar surface area (TPSA) is 35.0 Å². The minimum absolute atomic E-state index is 0.473. The maximum absolute atomic E-state index is 6.74. The van der Waals surface area contributed by atoms with Gasteiger partial charge in [0.1, 0.15) is 11.5 Å². The molecule has 3 heteroatoms. The standard InChI is InChI=1S/C39H24N2O/c1-2-12-25(13-3-1)38-40-34-20-10-6-16-29(34)37(41-38)26-22-23-33-36(24-26)42-35-21-11-9-19-32(35)39(33)30-17-7-4-14-27(30)28-15-5-8-18-31(28)39/h1-24H. The predicted octanol–water partition coefficient (Wildman–Crippen LogP) is 9.43. The molecule has 0 radical (unpaired) electrons. The van der Waals surface area contributed by atoms with E-state index in [0.29, 0.717) is 5.82 Å². The highest BCUT2D eigenvalue weighted by Gasteiger charge is 2.50. The van der Waals surface area contributed by atoms with Gasteiger partial charge in [0, 0.05) is 27.6 Å². The molecule has 3 nitrogen and oxygen atoms in total. The molecule has 0 saturated heterocycles. The van der Waals surface area contributed by atoms with Crippen LogP contribution < -0.4 is 4.74 Å². The largest absolute Gasteiger partial charge is 0.457 e. The van der Waals surface area contributed by atoms with Crippen molar-refractivity contribution in [3.8, 4) is 45.3 Å². The summed E-state index contributed by atoms with van der Waals surface area (Å²) in [4.78, 5) is 10.0. The van der Waals surface area contributed by atoms with E-state index >= 15 is 0 Å². The molecule has 2 aliphatic rings. The van der Waals surface area contributed by atoms with Gasteiger partial charge in [0.2, 0.25) is 0 Å². The zero-order chi connectivity index (χ0) is 27.7. The molecule has 2 heterocycles. The highest BCUT2D eigenvalue weighted by molar-refractivity contribution is 5.95. The third-order valence-electron chi connectivity index (χ3n) is 8.76. The molecule has 0 N–H and O–H groups in total. The zero-order valence-electron chi connectivity index (χ0n) is 22.7. The highest BCUT2D eigenvalue weighted by Crippen LogP contribution is 2.62. The number of hydrogen-bond acceptors (Lipinski definition) is 3. The Balaban J connectivity index is 1.33. The van der Waals surface area contributed by atoms with Crippen LogP contribution >= 0.6 is 0 Å². The molecule has 1 spiro atoms. The average Bonchev–Trinajstić information content (AvgIpc) is 3.35. The number of nitrogens with zero attached hydrogens (tertiary/aromatic N) is 2. The van der Waals surface area contributed by atoms with Crippen LogP contribution in [0.15, 0.2) is 146 Å². The maximum Gasteiger partial charge on any atom is 0.160 e. The Morgan fingerprint density at radius 2 is 1.07 bits per heavy atom. The Morgan fingerprint density at radius 3 is 1.86 bits per heavy atom. The first-order valence-electron chi connectivity index (χ1n) is 14.3. The summed E-state index contributed by atoms with van der Waals surface area (Å²) in [5.74, 6) is 2.44. The summed E-state index contributed by atoms with van der Waals surface area (Å²) in [5, 5.41) is 1.01. The number of ether oxygens (including phenoxy) is 1. The van der Waals surface area contributed by atoms with Crippen molar-refractivity contribution >= 4 is 10.9 Å². The summed E-state index contributed by atoms with van der Waals surface area (Å²) in [6.07, 6.45) is 0. The van der Waals surface area contributed by atoms with Crippen LogP contribution in [0.25, 0.3) is 44.7 Å². The van der Waals surface area contributed by atoms with E-state index in [9.17, 15) is 0 Å². The van der Waals surface area contributed by atoms with Crippen LogP contribution in [0.1, 0.15) is 22.3 Å². The minimum atomic E-state index is -0.473. The van der Waals surface area contributed by atoms with Crippen molar-refractivity contribution in [3.63, 3.8) is 0 Å². The van der Waals surface area contributed by atoms with E-state index in [-0.39, 0.29) is 0 Å². The predicted molar refractivity (Wildman–Crippen MR) is 168 cm³/mol. The Kier molecular flexibility index (Phi) is 4.82. The molecular weight excluding hydrogens is 512 g/mol. The van der Waals surface area contributed by atoms with Crippen molar-refractivity contribution in [2.45, 2.75) is 5.41 Å². The monoisotopic (exact) mass is 536 g/mol. The summed E-state index contributed by atoms with van der Waals surface area (Å²) in [7, 11) is 0. The van der Waals surface area contributed by atoms with E-state index in [0.717, 1.165) is 44.8 Å². The molecule has 6 aromatic carbocycles. The SMILES string of the molecule is c1ccc(-c2nc(-c3ccc4c(c3)Oc3ccccc3C43c4ccccc4-c4ccccc43)c3ccccc3n2)cc1. The Labute approximate surface area is 243 Å². The van der Waals surface area contributed by atoms with Crippen LogP contribution in [0.3, 0.4) is 0 Å². The lowest BCUT2D eigenvalue weighted by molar-refractivity contribution is 0.436. The Morgan fingerprint density at radius 1 is 0.452 bits per heavy atom. The zero-order valence-corrected chi connectivity index (χ0v) is 22.7. The lowest BCUT2D eigenvalue weighted by atomic mass is 9.66. The maximum atomic E-state index is 6.74. The van der Waals surface area contributed by atoms with Crippen molar-refractivity contribution in [3.05, 3.63) is 168 Å².